The minimum absolute atomic E-state index is 0. The van der Waals surface area contributed by atoms with Crippen LogP contribution in [0.5, 0.6) is 0 Å². The molecular formula is C40H96N8. The maximum Gasteiger partial charge on any atom is 0.0110 e. The van der Waals surface area contributed by atoms with Crippen LogP contribution in [-0.4, -0.2) is 162 Å². The number of hydrogen-bond donors (Lipinski definition) is 2. The Morgan fingerprint density at radius 3 is 1.17 bits per heavy atom. The topological polar surface area (TPSA) is 71.5 Å². The quantitative estimate of drug-likeness (QED) is 0.118. The molecule has 2 fully saturated rings. The third kappa shape index (κ3) is 38.5. The van der Waals surface area contributed by atoms with Crippen LogP contribution in [0.4, 0.5) is 0 Å². The molecule has 0 aromatic carbocycles. The fourth-order valence-electron chi connectivity index (χ4n) is 5.60. The molecule has 0 saturated carbocycles. The third-order valence-corrected chi connectivity index (χ3v) is 9.03. The average molecular weight is 689 g/mol. The molecule has 2 aliphatic rings. The van der Waals surface area contributed by atoms with Gasteiger partial charge in [-0.25, -0.2) is 0 Å². The molecule has 2 heterocycles. The summed E-state index contributed by atoms with van der Waals surface area (Å²) in [4.78, 5) is 14.9. The molecular weight excluding hydrogens is 592 g/mol. The summed E-state index contributed by atoms with van der Waals surface area (Å²) < 4.78 is 0. The molecule has 4 N–H and O–H groups in total. The second-order valence-corrected chi connectivity index (χ2v) is 13.8. The molecule has 8 nitrogen and oxygen atoms in total. The van der Waals surface area contributed by atoms with Crippen molar-refractivity contribution >= 4 is 0 Å². The Bertz CT molecular complexity index is 517. The van der Waals surface area contributed by atoms with Crippen molar-refractivity contribution in [1.29, 1.82) is 0 Å². The van der Waals surface area contributed by atoms with Crippen LogP contribution >= 0.6 is 0 Å². The predicted molar refractivity (Wildman–Crippen MR) is 222 cm³/mol. The van der Waals surface area contributed by atoms with Gasteiger partial charge in [0.2, 0.25) is 0 Å². The van der Waals surface area contributed by atoms with Crippen LogP contribution in [0.25, 0.3) is 0 Å². The first-order valence-electron chi connectivity index (χ1n) is 19.9. The van der Waals surface area contributed by atoms with E-state index in [2.05, 4.69) is 85.2 Å². The monoisotopic (exact) mass is 689 g/mol. The molecule has 0 spiro atoms. The van der Waals surface area contributed by atoms with Crippen LogP contribution in [0, 0.1) is 0 Å². The van der Waals surface area contributed by atoms with E-state index in [1.165, 1.54) is 162 Å². The van der Waals surface area contributed by atoms with Gasteiger partial charge in [-0.15, -0.1) is 0 Å². The largest absolute Gasteiger partial charge is 0.330 e. The standard InChI is InChI=1S/C11H25N3.C11H25N.C8H18N2.C8H20N2.2CH4/c1-2-3-6-13-8-10-14(11-9-13)7-4-5-12;1-4-6-8-10-12(3)11-9-7-5-2;1-3-4-10-7-5-9(2)6-8-10;1-3-4-7-10(2)8-5-6-9;;/h2-12H2,1H3;4-11H2,1-3H3;3-8H2,1-2H3;3-9H2,1-2H3;2*1H4. The van der Waals surface area contributed by atoms with Crippen molar-refractivity contribution in [2.45, 2.75) is 133 Å². The Morgan fingerprint density at radius 2 is 0.771 bits per heavy atom. The Kier molecular flexibility index (Phi) is 48.6. The zero-order chi connectivity index (χ0) is 34.7. The van der Waals surface area contributed by atoms with E-state index in [1.807, 2.05) is 0 Å². The second kappa shape index (κ2) is 42.8. The van der Waals surface area contributed by atoms with Gasteiger partial charge in [0.05, 0.1) is 0 Å². The van der Waals surface area contributed by atoms with Crippen molar-refractivity contribution in [3.8, 4) is 0 Å². The molecule has 0 aliphatic carbocycles. The van der Waals surface area contributed by atoms with Gasteiger partial charge in [0.25, 0.3) is 0 Å². The highest BCUT2D eigenvalue weighted by molar-refractivity contribution is 4.71. The molecule has 0 aromatic heterocycles. The molecule has 8 heteroatoms. The van der Waals surface area contributed by atoms with Crippen molar-refractivity contribution in [3.63, 3.8) is 0 Å². The molecule has 0 atom stereocenters. The minimum Gasteiger partial charge on any atom is -0.330 e. The number of hydrogen-bond acceptors (Lipinski definition) is 8. The van der Waals surface area contributed by atoms with Gasteiger partial charge in [-0.05, 0) is 125 Å². The maximum absolute atomic E-state index is 5.50. The summed E-state index contributed by atoms with van der Waals surface area (Å²) in [6.07, 6.45) is 17.0. The van der Waals surface area contributed by atoms with E-state index in [0.717, 1.165) is 32.5 Å². The summed E-state index contributed by atoms with van der Waals surface area (Å²) in [5.74, 6) is 0. The van der Waals surface area contributed by atoms with Gasteiger partial charge in [0, 0.05) is 52.4 Å². The predicted octanol–water partition coefficient (Wildman–Crippen LogP) is 7.03. The van der Waals surface area contributed by atoms with Crippen LogP contribution in [-0.2, 0) is 0 Å². The molecule has 2 rings (SSSR count). The van der Waals surface area contributed by atoms with Crippen LogP contribution < -0.4 is 11.5 Å². The lowest BCUT2D eigenvalue weighted by atomic mass is 10.2. The molecule has 2 aliphatic heterocycles. The number of piperazine rings is 2. The lowest BCUT2D eigenvalue weighted by molar-refractivity contribution is 0.131. The molecule has 296 valence electrons. The van der Waals surface area contributed by atoms with Crippen LogP contribution in [0.15, 0.2) is 0 Å². The van der Waals surface area contributed by atoms with E-state index in [9.17, 15) is 0 Å². The van der Waals surface area contributed by atoms with Crippen molar-refractivity contribution < 1.29 is 0 Å². The Balaban J connectivity index is -0.000000268. The van der Waals surface area contributed by atoms with E-state index < -0.39 is 0 Å². The normalized spacial score (nSPS) is 15.8. The zero-order valence-electron chi connectivity index (χ0n) is 33.1. The van der Waals surface area contributed by atoms with Gasteiger partial charge in [-0.1, -0.05) is 88.0 Å². The minimum atomic E-state index is 0. The molecule has 0 amide bonds. The molecule has 0 aromatic rings. The van der Waals surface area contributed by atoms with E-state index in [-0.39, 0.29) is 14.9 Å². The number of unbranched alkanes of at least 4 members (excludes halogenated alkanes) is 6. The smallest absolute Gasteiger partial charge is 0.0110 e. The summed E-state index contributed by atoms with van der Waals surface area (Å²) in [5.41, 5.74) is 10.9. The fraction of sp³-hybridized carbons (Fsp3) is 1.00. The number of nitrogens with two attached hydrogens (primary N) is 2. The Labute approximate surface area is 305 Å². The summed E-state index contributed by atoms with van der Waals surface area (Å²) >= 11 is 0. The van der Waals surface area contributed by atoms with Crippen molar-refractivity contribution in [1.82, 2.24) is 29.4 Å². The summed E-state index contributed by atoms with van der Waals surface area (Å²) in [6.45, 7) is 31.6. The lowest BCUT2D eigenvalue weighted by Crippen LogP contribution is -2.46. The lowest BCUT2D eigenvalue weighted by Gasteiger charge is -2.34. The first-order chi connectivity index (χ1) is 22.3. The first-order valence-corrected chi connectivity index (χ1v) is 19.9. The van der Waals surface area contributed by atoms with E-state index in [1.54, 1.807) is 0 Å². The highest BCUT2D eigenvalue weighted by Gasteiger charge is 2.15. The highest BCUT2D eigenvalue weighted by atomic mass is 15.3. The molecule has 48 heavy (non-hydrogen) atoms. The van der Waals surface area contributed by atoms with Gasteiger partial charge < -0.3 is 40.9 Å². The molecule has 0 radical (unpaired) electrons. The summed E-state index contributed by atoms with van der Waals surface area (Å²) in [7, 11) is 6.60. The van der Waals surface area contributed by atoms with Crippen molar-refractivity contribution in [2.24, 2.45) is 11.5 Å². The van der Waals surface area contributed by atoms with Crippen LogP contribution in [0.3, 0.4) is 0 Å². The highest BCUT2D eigenvalue weighted by Crippen LogP contribution is 2.04. The Hall–Kier alpha value is -0.320. The maximum atomic E-state index is 5.50. The number of rotatable bonds is 22. The van der Waals surface area contributed by atoms with Crippen LogP contribution in [0.1, 0.15) is 133 Å². The number of nitrogens with zero attached hydrogens (tertiary/aromatic N) is 6. The molecule has 2 saturated heterocycles. The van der Waals surface area contributed by atoms with Gasteiger partial charge in [-0.3, -0.25) is 0 Å². The van der Waals surface area contributed by atoms with Crippen molar-refractivity contribution in [3.05, 3.63) is 0 Å². The summed E-state index contributed by atoms with van der Waals surface area (Å²) in [6, 6.07) is 0. The average Bonchev–Trinajstić information content (AvgIpc) is 3.07. The van der Waals surface area contributed by atoms with E-state index >= 15 is 0 Å². The molecule has 0 unspecified atom stereocenters. The Morgan fingerprint density at radius 1 is 0.417 bits per heavy atom. The van der Waals surface area contributed by atoms with E-state index in [0.29, 0.717) is 0 Å². The second-order valence-electron chi connectivity index (χ2n) is 13.8. The van der Waals surface area contributed by atoms with Gasteiger partial charge >= 0.3 is 0 Å². The third-order valence-electron chi connectivity index (χ3n) is 9.03. The van der Waals surface area contributed by atoms with Crippen LogP contribution in [0.2, 0.25) is 0 Å². The fourth-order valence-corrected chi connectivity index (χ4v) is 5.60. The van der Waals surface area contributed by atoms with Gasteiger partial charge in [-0.2, -0.15) is 0 Å². The zero-order valence-corrected chi connectivity index (χ0v) is 33.1. The summed E-state index contributed by atoms with van der Waals surface area (Å²) in [5, 5.41) is 0. The SMILES string of the molecule is C.C.CCCCCN(C)CCCCC.CCCCN(C)CCCN.CCCCN1CCN(CCCN)CC1.CCCN1CCN(C)CC1. The van der Waals surface area contributed by atoms with Gasteiger partial charge in [0.15, 0.2) is 0 Å². The van der Waals surface area contributed by atoms with Gasteiger partial charge in [0.1, 0.15) is 0 Å². The van der Waals surface area contributed by atoms with E-state index in [4.69, 9.17) is 11.5 Å². The first kappa shape index (κ1) is 54.5. The number of likely N-dealkylation sites (N-methyl/N-ethyl adjacent to an activating group) is 1. The molecule has 0 bridgehead atoms. The van der Waals surface area contributed by atoms with Crippen molar-refractivity contribution in [2.75, 3.05) is 132 Å².